The van der Waals surface area contributed by atoms with Crippen LogP contribution in [0.4, 0.5) is 10.5 Å². The lowest BCUT2D eigenvalue weighted by molar-refractivity contribution is 0.110. The lowest BCUT2D eigenvalue weighted by atomic mass is 10.1. The molecule has 1 aromatic rings. The number of nitrogens with one attached hydrogen (secondary N) is 1. The second-order valence-corrected chi connectivity index (χ2v) is 4.98. The maximum Gasteiger partial charge on any atom is 0.421 e. The van der Waals surface area contributed by atoms with E-state index in [-0.39, 0.29) is 5.84 Å². The third-order valence-corrected chi connectivity index (χ3v) is 3.22. The van der Waals surface area contributed by atoms with Crippen LogP contribution < -0.4 is 4.90 Å². The summed E-state index contributed by atoms with van der Waals surface area (Å²) in [6.45, 7) is 3.31. The molecule has 1 aromatic carbocycles. The fourth-order valence-corrected chi connectivity index (χ4v) is 1.82. The molecule has 0 aromatic heterocycles. The van der Waals surface area contributed by atoms with E-state index in [0.717, 1.165) is 0 Å². The average molecular weight is 273 g/mol. The number of hydrogen-bond donors (Lipinski definition) is 1. The van der Waals surface area contributed by atoms with Crippen molar-refractivity contribution in [2.24, 2.45) is 0 Å². The first-order chi connectivity index (χ1) is 7.83. The molecule has 1 fully saturated rings. The van der Waals surface area contributed by atoms with Gasteiger partial charge < -0.3 is 4.74 Å². The Bertz CT molecular complexity index is 514. The van der Waals surface area contributed by atoms with Crippen molar-refractivity contribution in [1.82, 2.24) is 0 Å². The molecule has 0 bridgehead atoms. The summed E-state index contributed by atoms with van der Waals surface area (Å²) in [5.74, 6) is 0.0703. The van der Waals surface area contributed by atoms with Gasteiger partial charge in [-0.15, -0.1) is 0 Å². The molecule has 2 rings (SSSR count). The fourth-order valence-electron chi connectivity index (χ4n) is 1.53. The molecule has 1 aliphatic rings. The van der Waals surface area contributed by atoms with Gasteiger partial charge in [0.15, 0.2) is 11.4 Å². The van der Waals surface area contributed by atoms with E-state index < -0.39 is 11.7 Å². The molecule has 4 nitrogen and oxygen atoms in total. The summed E-state index contributed by atoms with van der Waals surface area (Å²) in [5.41, 5.74) is -0.455. The average Bonchev–Trinajstić information content (AvgIpc) is 2.42. The van der Waals surface area contributed by atoms with Crippen molar-refractivity contribution in [2.75, 3.05) is 4.90 Å². The minimum atomic E-state index is -0.927. The first-order valence-corrected chi connectivity index (χ1v) is 5.66. The standard InChI is InChI=1S/C11H10Cl2N2O2/c1-11(2)9(14)15(10(16)17-11)6-3-4-7(12)8(13)5-6/h3-5,14H,1-2H3. The van der Waals surface area contributed by atoms with Crippen molar-refractivity contribution in [3.8, 4) is 0 Å². The molecule has 1 amide bonds. The third kappa shape index (κ3) is 1.98. The summed E-state index contributed by atoms with van der Waals surface area (Å²) < 4.78 is 5.08. The van der Waals surface area contributed by atoms with E-state index in [1.165, 1.54) is 11.0 Å². The molecule has 1 heterocycles. The van der Waals surface area contributed by atoms with Gasteiger partial charge >= 0.3 is 6.09 Å². The van der Waals surface area contributed by atoms with Crippen molar-refractivity contribution in [3.63, 3.8) is 0 Å². The molecule has 1 saturated heterocycles. The van der Waals surface area contributed by atoms with Crippen LogP contribution in [-0.4, -0.2) is 17.5 Å². The summed E-state index contributed by atoms with van der Waals surface area (Å²) in [6, 6.07) is 4.72. The topological polar surface area (TPSA) is 53.4 Å². The molecule has 17 heavy (non-hydrogen) atoms. The number of carbonyl (C=O) groups is 1. The van der Waals surface area contributed by atoms with Crippen LogP contribution in [-0.2, 0) is 4.74 Å². The number of halogens is 2. The summed E-state index contributed by atoms with van der Waals surface area (Å²) in [7, 11) is 0. The van der Waals surface area contributed by atoms with Crippen LogP contribution in [0.15, 0.2) is 18.2 Å². The molecule has 0 radical (unpaired) electrons. The molecular formula is C11H10Cl2N2O2. The zero-order valence-corrected chi connectivity index (χ0v) is 10.8. The zero-order valence-electron chi connectivity index (χ0n) is 9.25. The summed E-state index contributed by atoms with van der Waals surface area (Å²) in [5, 5.41) is 8.63. The second-order valence-electron chi connectivity index (χ2n) is 4.16. The largest absolute Gasteiger partial charge is 0.435 e. The number of carbonyl (C=O) groups excluding carboxylic acids is 1. The van der Waals surface area contributed by atoms with Gasteiger partial charge in [-0.3, -0.25) is 5.41 Å². The molecule has 90 valence electrons. The van der Waals surface area contributed by atoms with Crippen LogP contribution in [0.25, 0.3) is 0 Å². The van der Waals surface area contributed by atoms with Crippen LogP contribution >= 0.6 is 23.2 Å². The quantitative estimate of drug-likeness (QED) is 0.848. The minimum Gasteiger partial charge on any atom is -0.435 e. The van der Waals surface area contributed by atoms with E-state index in [1.807, 2.05) is 0 Å². The number of amidine groups is 1. The van der Waals surface area contributed by atoms with Crippen molar-refractivity contribution in [1.29, 1.82) is 5.41 Å². The van der Waals surface area contributed by atoms with Gasteiger partial charge in [-0.25, -0.2) is 9.69 Å². The Morgan fingerprint density at radius 3 is 2.41 bits per heavy atom. The Morgan fingerprint density at radius 1 is 1.29 bits per heavy atom. The van der Waals surface area contributed by atoms with E-state index in [1.54, 1.807) is 26.0 Å². The number of ether oxygens (including phenoxy) is 1. The van der Waals surface area contributed by atoms with E-state index in [9.17, 15) is 4.79 Å². The van der Waals surface area contributed by atoms with E-state index in [4.69, 9.17) is 33.3 Å². The Morgan fingerprint density at radius 2 is 1.94 bits per heavy atom. The highest BCUT2D eigenvalue weighted by molar-refractivity contribution is 6.42. The van der Waals surface area contributed by atoms with E-state index in [0.29, 0.717) is 15.7 Å². The SMILES string of the molecule is CC1(C)OC(=O)N(c2ccc(Cl)c(Cl)c2)C1=N. The normalized spacial score (nSPS) is 18.5. The Kier molecular flexibility index (Phi) is 2.79. The smallest absolute Gasteiger partial charge is 0.421 e. The number of nitrogens with zero attached hydrogens (tertiary/aromatic N) is 1. The number of cyclic esters (lactones) is 1. The van der Waals surface area contributed by atoms with Gasteiger partial charge in [0.05, 0.1) is 15.7 Å². The summed E-state index contributed by atoms with van der Waals surface area (Å²) in [6.07, 6.45) is -0.585. The van der Waals surface area contributed by atoms with Crippen molar-refractivity contribution >= 4 is 40.8 Å². The highest BCUT2D eigenvalue weighted by Gasteiger charge is 2.44. The molecule has 0 aliphatic carbocycles. The molecule has 1 aliphatic heterocycles. The van der Waals surface area contributed by atoms with Crippen LogP contribution in [0.2, 0.25) is 10.0 Å². The summed E-state index contributed by atoms with van der Waals surface area (Å²) >= 11 is 11.7. The van der Waals surface area contributed by atoms with Crippen molar-refractivity contribution < 1.29 is 9.53 Å². The van der Waals surface area contributed by atoms with Gasteiger partial charge in [0.25, 0.3) is 0 Å². The second kappa shape index (κ2) is 3.89. The molecule has 0 unspecified atom stereocenters. The monoisotopic (exact) mass is 272 g/mol. The van der Waals surface area contributed by atoms with Gasteiger partial charge in [-0.1, -0.05) is 23.2 Å². The fraction of sp³-hybridized carbons (Fsp3) is 0.273. The third-order valence-electron chi connectivity index (χ3n) is 2.48. The maximum absolute atomic E-state index is 11.7. The predicted octanol–water partition coefficient (Wildman–Crippen LogP) is 3.71. The Hall–Kier alpha value is -1.26. The van der Waals surface area contributed by atoms with E-state index in [2.05, 4.69) is 0 Å². The zero-order chi connectivity index (χ0) is 12.8. The number of benzene rings is 1. The first-order valence-electron chi connectivity index (χ1n) is 4.90. The molecule has 1 N–H and O–H groups in total. The van der Waals surface area contributed by atoms with Gasteiger partial charge in [-0.2, -0.15) is 0 Å². The summed E-state index contributed by atoms with van der Waals surface area (Å²) in [4.78, 5) is 12.9. The minimum absolute atomic E-state index is 0.0703. The van der Waals surface area contributed by atoms with Crippen LogP contribution in [0.5, 0.6) is 0 Å². The van der Waals surface area contributed by atoms with E-state index >= 15 is 0 Å². The lowest BCUT2D eigenvalue weighted by Gasteiger charge is -2.17. The van der Waals surface area contributed by atoms with Crippen molar-refractivity contribution in [2.45, 2.75) is 19.4 Å². The molecule has 6 heteroatoms. The Balaban J connectivity index is 2.44. The lowest BCUT2D eigenvalue weighted by Crippen LogP contribution is -2.35. The van der Waals surface area contributed by atoms with Crippen LogP contribution in [0.1, 0.15) is 13.8 Å². The van der Waals surface area contributed by atoms with Crippen molar-refractivity contribution in [3.05, 3.63) is 28.2 Å². The van der Waals surface area contributed by atoms with Gasteiger partial charge in [0.1, 0.15) is 0 Å². The molecule has 0 saturated carbocycles. The highest BCUT2D eigenvalue weighted by atomic mass is 35.5. The molecule has 0 spiro atoms. The highest BCUT2D eigenvalue weighted by Crippen LogP contribution is 2.32. The van der Waals surface area contributed by atoms with Crippen LogP contribution in [0.3, 0.4) is 0 Å². The van der Waals surface area contributed by atoms with Crippen LogP contribution in [0, 0.1) is 5.41 Å². The van der Waals surface area contributed by atoms with Gasteiger partial charge in [-0.05, 0) is 32.0 Å². The Labute approximate surface area is 109 Å². The molecular weight excluding hydrogens is 263 g/mol. The number of rotatable bonds is 1. The van der Waals surface area contributed by atoms with Gasteiger partial charge in [0.2, 0.25) is 0 Å². The first kappa shape index (κ1) is 12.2. The number of hydrogen-bond acceptors (Lipinski definition) is 3. The number of anilines is 1. The number of amides is 1. The maximum atomic E-state index is 11.7. The van der Waals surface area contributed by atoms with Gasteiger partial charge in [0, 0.05) is 0 Å². The molecule has 0 atom stereocenters. The predicted molar refractivity (Wildman–Crippen MR) is 67.2 cm³/mol.